The van der Waals surface area contributed by atoms with Crippen molar-refractivity contribution in [1.29, 1.82) is 0 Å². The second kappa shape index (κ2) is 14.5. The largest absolute Gasteiger partial charge is 0.373 e. The van der Waals surface area contributed by atoms with Crippen LogP contribution in [-0.2, 0) is 9.47 Å². The first-order valence-corrected chi connectivity index (χ1v) is 15.4. The molecule has 4 rings (SSSR count). The molecule has 1 unspecified atom stereocenters. The normalized spacial score (nSPS) is 30.8. The van der Waals surface area contributed by atoms with Gasteiger partial charge in [0.2, 0.25) is 0 Å². The van der Waals surface area contributed by atoms with Crippen molar-refractivity contribution in [3.05, 3.63) is 54.1 Å². The van der Waals surface area contributed by atoms with Crippen LogP contribution in [0.2, 0.25) is 0 Å². The van der Waals surface area contributed by atoms with Crippen LogP contribution < -0.4 is 0 Å². The fraction of sp³-hybridized carbons (Fsp3) is 0.706. The number of hydrogen-bond donors (Lipinski definition) is 0. The van der Waals surface area contributed by atoms with Crippen molar-refractivity contribution in [3.8, 4) is 0 Å². The van der Waals surface area contributed by atoms with Gasteiger partial charge in [0.1, 0.15) is 0 Å². The Kier molecular flexibility index (Phi) is 11.2. The molecule has 0 bridgehead atoms. The lowest BCUT2D eigenvalue weighted by Crippen LogP contribution is -2.50. The first kappa shape index (κ1) is 27.6. The summed E-state index contributed by atoms with van der Waals surface area (Å²) in [6.07, 6.45) is 27.8. The van der Waals surface area contributed by atoms with E-state index in [4.69, 9.17) is 9.47 Å². The van der Waals surface area contributed by atoms with Gasteiger partial charge >= 0.3 is 0 Å². The van der Waals surface area contributed by atoms with E-state index in [0.717, 1.165) is 32.0 Å². The molecule has 1 aromatic rings. The smallest absolute Gasteiger partial charge is 0.0906 e. The Bertz CT molecular complexity index is 796. The van der Waals surface area contributed by atoms with Gasteiger partial charge in [-0.2, -0.15) is 0 Å². The quantitative estimate of drug-likeness (QED) is 0.255. The molecule has 0 spiro atoms. The van der Waals surface area contributed by atoms with Gasteiger partial charge in [-0.15, -0.1) is 0 Å². The van der Waals surface area contributed by atoms with Crippen LogP contribution in [0.25, 0.3) is 5.57 Å². The van der Waals surface area contributed by atoms with Crippen LogP contribution in [0.1, 0.15) is 116 Å². The molecule has 1 heterocycles. The molecule has 2 nitrogen and oxygen atoms in total. The highest BCUT2D eigenvalue weighted by Crippen LogP contribution is 2.51. The monoisotopic (exact) mass is 492 g/mol. The van der Waals surface area contributed by atoms with Gasteiger partial charge in [0.15, 0.2) is 0 Å². The van der Waals surface area contributed by atoms with E-state index in [0.29, 0.717) is 5.92 Å². The average molecular weight is 493 g/mol. The van der Waals surface area contributed by atoms with E-state index >= 15 is 0 Å². The summed E-state index contributed by atoms with van der Waals surface area (Å²) in [5, 5.41) is 0. The number of rotatable bonds is 13. The van der Waals surface area contributed by atoms with Gasteiger partial charge in [-0.25, -0.2) is 0 Å². The first-order valence-electron chi connectivity index (χ1n) is 15.4. The van der Waals surface area contributed by atoms with E-state index < -0.39 is 0 Å². The van der Waals surface area contributed by atoms with Crippen molar-refractivity contribution < 1.29 is 9.47 Å². The minimum atomic E-state index is 0.0821. The van der Waals surface area contributed by atoms with Crippen molar-refractivity contribution in [2.45, 2.75) is 122 Å². The topological polar surface area (TPSA) is 18.5 Å². The second-order valence-electron chi connectivity index (χ2n) is 11.9. The van der Waals surface area contributed by atoms with Gasteiger partial charge < -0.3 is 9.47 Å². The Morgan fingerprint density at radius 1 is 0.778 bits per heavy atom. The lowest BCUT2D eigenvalue weighted by atomic mass is 9.60. The molecule has 200 valence electrons. The SMILES string of the molecule is CCCCCCC[C@@H]1CO[C@@H](C2(C3CCC(CCCCC)CC3)C=CC(c3ccccc3)=CC2)CO1. The molecule has 1 saturated carbocycles. The summed E-state index contributed by atoms with van der Waals surface area (Å²) in [7, 11) is 0. The summed E-state index contributed by atoms with van der Waals surface area (Å²) >= 11 is 0. The van der Waals surface area contributed by atoms with Gasteiger partial charge in [0, 0.05) is 5.41 Å². The Balaban J connectivity index is 1.38. The predicted octanol–water partition coefficient (Wildman–Crippen LogP) is 9.55. The van der Waals surface area contributed by atoms with Crippen LogP contribution in [0.3, 0.4) is 0 Å². The van der Waals surface area contributed by atoms with Crippen LogP contribution in [0.15, 0.2) is 48.6 Å². The highest BCUT2D eigenvalue weighted by atomic mass is 16.6. The summed E-state index contributed by atoms with van der Waals surface area (Å²) in [6, 6.07) is 10.9. The number of benzene rings is 1. The van der Waals surface area contributed by atoms with Gasteiger partial charge in [-0.3, -0.25) is 0 Å². The molecule has 1 saturated heterocycles. The zero-order valence-corrected chi connectivity index (χ0v) is 23.3. The maximum Gasteiger partial charge on any atom is 0.0906 e. The Morgan fingerprint density at radius 3 is 2.17 bits per heavy atom. The lowest BCUT2D eigenvalue weighted by molar-refractivity contribution is -0.178. The number of unbranched alkanes of at least 4 members (excludes halogenated alkanes) is 6. The Hall–Kier alpha value is -1.38. The maximum absolute atomic E-state index is 6.71. The zero-order chi connectivity index (χ0) is 25.1. The van der Waals surface area contributed by atoms with Crippen molar-refractivity contribution in [2.24, 2.45) is 17.3 Å². The standard InChI is InChI=1S/C34H52O2/c1-3-5-7-8-13-17-32-26-36-33(27-35-32)34(31-20-18-28(19-21-31)14-10-6-4-2)24-22-30(23-25-34)29-15-11-9-12-16-29/h9,11-12,15-16,22-24,28,31-33H,3-8,10,13-14,17-21,25-27H2,1-2H3/t28?,31?,32-,33-,34?/m1/s1. The first-order chi connectivity index (χ1) is 17.7. The van der Waals surface area contributed by atoms with E-state index in [1.54, 1.807) is 0 Å². The zero-order valence-electron chi connectivity index (χ0n) is 23.3. The van der Waals surface area contributed by atoms with Gasteiger partial charge in [-0.05, 0) is 48.7 Å². The third-order valence-electron chi connectivity index (χ3n) is 9.37. The van der Waals surface area contributed by atoms with E-state index in [1.165, 1.54) is 94.6 Å². The lowest BCUT2D eigenvalue weighted by Gasteiger charge is -2.49. The molecular weight excluding hydrogens is 440 g/mol. The molecule has 3 aliphatic rings. The van der Waals surface area contributed by atoms with Crippen LogP contribution in [-0.4, -0.2) is 25.4 Å². The van der Waals surface area contributed by atoms with Crippen molar-refractivity contribution in [2.75, 3.05) is 13.2 Å². The average Bonchev–Trinajstić information content (AvgIpc) is 2.94. The molecule has 1 aromatic carbocycles. The third-order valence-corrected chi connectivity index (χ3v) is 9.37. The van der Waals surface area contributed by atoms with Gasteiger partial charge in [-0.1, -0.05) is 133 Å². The minimum absolute atomic E-state index is 0.0821. The maximum atomic E-state index is 6.71. The molecule has 0 aromatic heterocycles. The van der Waals surface area contributed by atoms with Crippen molar-refractivity contribution in [1.82, 2.24) is 0 Å². The number of hydrogen-bond acceptors (Lipinski definition) is 2. The van der Waals surface area contributed by atoms with E-state index in [1.807, 2.05) is 0 Å². The van der Waals surface area contributed by atoms with E-state index in [-0.39, 0.29) is 17.6 Å². The predicted molar refractivity (Wildman–Crippen MR) is 153 cm³/mol. The fourth-order valence-corrected chi connectivity index (χ4v) is 6.98. The molecule has 3 atom stereocenters. The van der Waals surface area contributed by atoms with E-state index in [9.17, 15) is 0 Å². The summed E-state index contributed by atoms with van der Waals surface area (Å²) in [5.41, 5.74) is 2.77. The highest BCUT2D eigenvalue weighted by molar-refractivity contribution is 5.75. The molecule has 0 N–H and O–H groups in total. The highest BCUT2D eigenvalue weighted by Gasteiger charge is 2.47. The number of allylic oxidation sites excluding steroid dienone is 3. The molecule has 1 aliphatic heterocycles. The third kappa shape index (κ3) is 7.35. The second-order valence-corrected chi connectivity index (χ2v) is 11.9. The summed E-state index contributed by atoms with van der Waals surface area (Å²) in [5.74, 6) is 1.64. The van der Waals surface area contributed by atoms with Crippen molar-refractivity contribution in [3.63, 3.8) is 0 Å². The molecule has 2 fully saturated rings. The summed E-state index contributed by atoms with van der Waals surface area (Å²) < 4.78 is 13.2. The van der Waals surface area contributed by atoms with Crippen molar-refractivity contribution >= 4 is 5.57 Å². The van der Waals surface area contributed by atoms with Gasteiger partial charge in [0.05, 0.1) is 25.4 Å². The summed E-state index contributed by atoms with van der Waals surface area (Å²) in [4.78, 5) is 0. The molecular formula is C34H52O2. The van der Waals surface area contributed by atoms with E-state index in [2.05, 4.69) is 62.4 Å². The Morgan fingerprint density at radius 2 is 1.50 bits per heavy atom. The summed E-state index contributed by atoms with van der Waals surface area (Å²) in [6.45, 7) is 6.13. The molecule has 0 amide bonds. The number of ether oxygens (including phenoxy) is 2. The fourth-order valence-electron chi connectivity index (χ4n) is 6.98. The molecule has 0 radical (unpaired) electrons. The van der Waals surface area contributed by atoms with Crippen LogP contribution in [0.4, 0.5) is 0 Å². The van der Waals surface area contributed by atoms with Gasteiger partial charge in [0.25, 0.3) is 0 Å². The molecule has 36 heavy (non-hydrogen) atoms. The van der Waals surface area contributed by atoms with Crippen LogP contribution in [0.5, 0.6) is 0 Å². The molecule has 2 aliphatic carbocycles. The minimum Gasteiger partial charge on any atom is -0.373 e. The van der Waals surface area contributed by atoms with Crippen LogP contribution >= 0.6 is 0 Å². The molecule has 2 heteroatoms. The Labute approximate surface area is 221 Å². The van der Waals surface area contributed by atoms with Crippen LogP contribution in [0, 0.1) is 17.3 Å².